The van der Waals surface area contributed by atoms with Gasteiger partial charge >= 0.3 is 6.18 Å². The maximum atomic E-state index is 13.2. The summed E-state index contributed by atoms with van der Waals surface area (Å²) in [5.41, 5.74) is -2.13. The third kappa shape index (κ3) is 2.82. The van der Waals surface area contributed by atoms with Gasteiger partial charge in [-0.3, -0.25) is 4.79 Å². The summed E-state index contributed by atoms with van der Waals surface area (Å²) >= 11 is 5.79. The zero-order chi connectivity index (χ0) is 15.7. The molecule has 1 heterocycles. The number of hydrogen-bond acceptors (Lipinski definition) is 3. The highest BCUT2D eigenvalue weighted by Gasteiger charge is 2.61. The van der Waals surface area contributed by atoms with Gasteiger partial charge in [-0.2, -0.15) is 18.4 Å². The van der Waals surface area contributed by atoms with Gasteiger partial charge < -0.3 is 10.6 Å². The molecular formula is C13H11ClF3N3O. The number of nitriles is 1. The zero-order valence-corrected chi connectivity index (χ0v) is 11.5. The molecule has 1 atom stereocenters. The van der Waals surface area contributed by atoms with Crippen molar-refractivity contribution in [2.45, 2.75) is 12.6 Å². The number of anilines is 1. The van der Waals surface area contributed by atoms with Gasteiger partial charge in [-0.15, -0.1) is 0 Å². The molecule has 0 bridgehead atoms. The first-order chi connectivity index (χ1) is 9.80. The molecule has 1 amide bonds. The molecule has 112 valence electrons. The molecule has 1 fully saturated rings. The van der Waals surface area contributed by atoms with Crippen LogP contribution in [0.1, 0.15) is 12.0 Å². The number of rotatable bonds is 2. The minimum atomic E-state index is -4.64. The summed E-state index contributed by atoms with van der Waals surface area (Å²) in [5.74, 6) is -1.12. The van der Waals surface area contributed by atoms with Crippen LogP contribution < -0.4 is 10.6 Å². The van der Waals surface area contributed by atoms with Crippen molar-refractivity contribution in [3.8, 4) is 6.07 Å². The number of benzene rings is 1. The van der Waals surface area contributed by atoms with Crippen molar-refractivity contribution in [1.82, 2.24) is 5.32 Å². The Morgan fingerprint density at radius 3 is 2.67 bits per heavy atom. The first-order valence-corrected chi connectivity index (χ1v) is 6.46. The highest BCUT2D eigenvalue weighted by atomic mass is 35.5. The fourth-order valence-corrected chi connectivity index (χ4v) is 2.41. The van der Waals surface area contributed by atoms with Crippen LogP contribution in [-0.2, 0) is 4.79 Å². The zero-order valence-electron chi connectivity index (χ0n) is 10.7. The van der Waals surface area contributed by atoms with Gasteiger partial charge in [0.15, 0.2) is 5.41 Å². The lowest BCUT2D eigenvalue weighted by Crippen LogP contribution is -2.49. The number of halogens is 4. The molecule has 1 aromatic carbocycles. The Hall–Kier alpha value is -1.78. The number of carbonyl (C=O) groups is 1. The van der Waals surface area contributed by atoms with E-state index in [1.165, 1.54) is 18.2 Å². The van der Waals surface area contributed by atoms with Gasteiger partial charge in [-0.25, -0.2) is 0 Å². The summed E-state index contributed by atoms with van der Waals surface area (Å²) in [5, 5.41) is 13.6. The van der Waals surface area contributed by atoms with Gasteiger partial charge in [0.25, 0.3) is 0 Å². The van der Waals surface area contributed by atoms with Crippen molar-refractivity contribution in [3.05, 3.63) is 28.8 Å². The van der Waals surface area contributed by atoms with Crippen molar-refractivity contribution >= 4 is 23.2 Å². The number of nitrogens with zero attached hydrogens (tertiary/aromatic N) is 1. The van der Waals surface area contributed by atoms with E-state index >= 15 is 0 Å². The van der Waals surface area contributed by atoms with Crippen LogP contribution in [0.15, 0.2) is 18.2 Å². The standard InChI is InChI=1S/C13H11ClF3N3O/c14-10-5-9(2-1-8(10)6-18)20-11(21)12(13(15,16)17)3-4-19-7-12/h1-2,5,19H,3-4,7H2,(H,20,21). The fourth-order valence-electron chi connectivity index (χ4n) is 2.19. The summed E-state index contributed by atoms with van der Waals surface area (Å²) in [6.07, 6.45) is -4.96. The van der Waals surface area contributed by atoms with E-state index in [2.05, 4.69) is 10.6 Å². The fraction of sp³-hybridized carbons (Fsp3) is 0.385. The highest BCUT2D eigenvalue weighted by molar-refractivity contribution is 6.32. The van der Waals surface area contributed by atoms with Crippen molar-refractivity contribution in [1.29, 1.82) is 5.26 Å². The number of hydrogen-bond donors (Lipinski definition) is 2. The van der Waals surface area contributed by atoms with Crippen molar-refractivity contribution in [3.63, 3.8) is 0 Å². The molecule has 0 radical (unpaired) electrons. The lowest BCUT2D eigenvalue weighted by atomic mass is 9.85. The van der Waals surface area contributed by atoms with E-state index in [-0.39, 0.29) is 29.2 Å². The minimum absolute atomic E-state index is 0.0703. The molecule has 1 unspecified atom stereocenters. The van der Waals surface area contributed by atoms with E-state index in [0.29, 0.717) is 0 Å². The Kier molecular flexibility index (Phi) is 4.12. The predicted molar refractivity (Wildman–Crippen MR) is 70.8 cm³/mol. The number of carbonyl (C=O) groups excluding carboxylic acids is 1. The lowest BCUT2D eigenvalue weighted by Gasteiger charge is -2.29. The molecule has 21 heavy (non-hydrogen) atoms. The molecule has 0 saturated carbocycles. The number of amides is 1. The first kappa shape index (κ1) is 15.6. The summed E-state index contributed by atoms with van der Waals surface area (Å²) in [7, 11) is 0. The van der Waals surface area contributed by atoms with Crippen molar-refractivity contribution < 1.29 is 18.0 Å². The molecule has 0 spiro atoms. The van der Waals surface area contributed by atoms with Crippen LogP contribution in [0.3, 0.4) is 0 Å². The molecule has 1 saturated heterocycles. The van der Waals surface area contributed by atoms with Gasteiger partial charge in [-0.05, 0) is 31.2 Å². The molecule has 0 aromatic heterocycles. The maximum absolute atomic E-state index is 13.2. The summed E-state index contributed by atoms with van der Waals surface area (Å²) < 4.78 is 39.6. The molecular weight excluding hydrogens is 307 g/mol. The molecule has 1 aromatic rings. The van der Waals surface area contributed by atoms with Crippen LogP contribution in [0, 0.1) is 16.7 Å². The largest absolute Gasteiger partial charge is 0.404 e. The van der Waals surface area contributed by atoms with Crippen LogP contribution in [-0.4, -0.2) is 25.2 Å². The Bertz CT molecular complexity index is 604. The van der Waals surface area contributed by atoms with E-state index in [4.69, 9.17) is 16.9 Å². The van der Waals surface area contributed by atoms with Gasteiger partial charge in [-0.1, -0.05) is 11.6 Å². The van der Waals surface area contributed by atoms with E-state index in [9.17, 15) is 18.0 Å². The van der Waals surface area contributed by atoms with Crippen LogP contribution in [0.2, 0.25) is 5.02 Å². The average molecular weight is 318 g/mol. The SMILES string of the molecule is N#Cc1ccc(NC(=O)C2(C(F)(F)F)CCNC2)cc1Cl. The van der Waals surface area contributed by atoms with Crippen molar-refractivity contribution in [2.24, 2.45) is 5.41 Å². The molecule has 1 aliphatic rings. The van der Waals surface area contributed by atoms with E-state index in [0.717, 1.165) is 0 Å². The van der Waals surface area contributed by atoms with Crippen molar-refractivity contribution in [2.75, 3.05) is 18.4 Å². The molecule has 8 heteroatoms. The van der Waals surface area contributed by atoms with Gasteiger partial charge in [0.05, 0.1) is 10.6 Å². The number of alkyl halides is 3. The predicted octanol–water partition coefficient (Wildman–Crippen LogP) is 2.69. The monoisotopic (exact) mass is 317 g/mol. The molecule has 2 N–H and O–H groups in total. The molecule has 1 aliphatic heterocycles. The summed E-state index contributed by atoms with van der Waals surface area (Å²) in [4.78, 5) is 12.1. The second-order valence-electron chi connectivity index (χ2n) is 4.77. The lowest BCUT2D eigenvalue weighted by molar-refractivity contribution is -0.213. The Labute approximate surface area is 123 Å². The van der Waals surface area contributed by atoms with Gasteiger partial charge in [0.1, 0.15) is 6.07 Å². The van der Waals surface area contributed by atoms with E-state index in [1.807, 2.05) is 6.07 Å². The second kappa shape index (κ2) is 5.54. The molecule has 4 nitrogen and oxygen atoms in total. The quantitative estimate of drug-likeness (QED) is 0.881. The normalized spacial score (nSPS) is 21.9. The topological polar surface area (TPSA) is 64.9 Å². The minimum Gasteiger partial charge on any atom is -0.325 e. The van der Waals surface area contributed by atoms with Crippen LogP contribution in [0.5, 0.6) is 0 Å². The van der Waals surface area contributed by atoms with Gasteiger partial charge in [0.2, 0.25) is 5.91 Å². The van der Waals surface area contributed by atoms with Crippen LogP contribution >= 0.6 is 11.6 Å². The smallest absolute Gasteiger partial charge is 0.325 e. The molecule has 2 rings (SSSR count). The molecule has 0 aliphatic carbocycles. The first-order valence-electron chi connectivity index (χ1n) is 6.09. The average Bonchev–Trinajstić information content (AvgIpc) is 2.89. The third-order valence-corrected chi connectivity index (χ3v) is 3.79. The Balaban J connectivity index is 2.25. The second-order valence-corrected chi connectivity index (χ2v) is 5.17. The van der Waals surface area contributed by atoms with E-state index < -0.39 is 24.0 Å². The Morgan fingerprint density at radius 1 is 1.48 bits per heavy atom. The number of nitrogens with one attached hydrogen (secondary N) is 2. The van der Waals surface area contributed by atoms with Crippen LogP contribution in [0.25, 0.3) is 0 Å². The summed E-state index contributed by atoms with van der Waals surface area (Å²) in [6.45, 7) is -0.326. The third-order valence-electron chi connectivity index (χ3n) is 3.48. The highest BCUT2D eigenvalue weighted by Crippen LogP contribution is 2.43. The van der Waals surface area contributed by atoms with Crippen LogP contribution in [0.4, 0.5) is 18.9 Å². The van der Waals surface area contributed by atoms with E-state index in [1.54, 1.807) is 0 Å². The van der Waals surface area contributed by atoms with Gasteiger partial charge in [0, 0.05) is 12.2 Å². The Morgan fingerprint density at radius 2 is 2.19 bits per heavy atom. The summed E-state index contributed by atoms with van der Waals surface area (Å²) in [6, 6.07) is 5.76. The maximum Gasteiger partial charge on any atom is 0.404 e.